The van der Waals surface area contributed by atoms with Crippen molar-refractivity contribution in [3.05, 3.63) is 42.3 Å². The van der Waals surface area contributed by atoms with Gasteiger partial charge in [0, 0.05) is 0 Å². The molecule has 2 heteroatoms. The molecule has 0 heterocycles. The van der Waals surface area contributed by atoms with Crippen molar-refractivity contribution in [3.63, 3.8) is 0 Å². The summed E-state index contributed by atoms with van der Waals surface area (Å²) < 4.78 is 5.04. The van der Waals surface area contributed by atoms with Gasteiger partial charge in [-0.25, -0.2) is 0 Å². The van der Waals surface area contributed by atoms with Gasteiger partial charge >= 0.3 is 5.97 Å². The Kier molecular flexibility index (Phi) is 4.76. The van der Waals surface area contributed by atoms with Gasteiger partial charge in [0.25, 0.3) is 0 Å². The number of carbonyl (C=O) groups excluding carboxylic acids is 1. The first-order chi connectivity index (χ1) is 6.83. The van der Waals surface area contributed by atoms with Crippen LogP contribution in [0.2, 0.25) is 0 Å². The van der Waals surface area contributed by atoms with Gasteiger partial charge in [-0.15, -0.1) is 0 Å². The van der Waals surface area contributed by atoms with Gasteiger partial charge in [-0.1, -0.05) is 43.7 Å². The fourth-order valence-electron chi connectivity index (χ4n) is 1.05. The number of hydrogen-bond donors (Lipinski definition) is 0. The molecule has 1 aromatic carbocycles. The van der Waals surface area contributed by atoms with Gasteiger partial charge in [-0.3, -0.25) is 4.79 Å². The zero-order valence-electron chi connectivity index (χ0n) is 8.40. The number of ether oxygens (including phenoxy) is 1. The lowest BCUT2D eigenvalue weighted by molar-refractivity contribution is -0.140. The summed E-state index contributed by atoms with van der Waals surface area (Å²) in [5, 5.41) is 0. The minimum absolute atomic E-state index is 0.226. The van der Waals surface area contributed by atoms with E-state index in [1.54, 1.807) is 6.42 Å². The first-order valence-electron chi connectivity index (χ1n) is 4.87. The standard InChI is InChI=1S/C12H15O2/c1-2-3-9-12(13)14-10-11-7-5-4-6-8-11/h4-9H,2-3,10H2,1H3. The first kappa shape index (κ1) is 10.8. The van der Waals surface area contributed by atoms with E-state index in [0.717, 1.165) is 18.4 Å². The van der Waals surface area contributed by atoms with Crippen LogP contribution in [0.15, 0.2) is 30.3 Å². The number of carbonyl (C=O) groups is 1. The van der Waals surface area contributed by atoms with Gasteiger partial charge in [0.15, 0.2) is 0 Å². The van der Waals surface area contributed by atoms with Gasteiger partial charge in [0.05, 0.1) is 6.42 Å². The molecular weight excluding hydrogens is 176 g/mol. The molecule has 1 radical (unpaired) electrons. The first-order valence-corrected chi connectivity index (χ1v) is 4.87. The van der Waals surface area contributed by atoms with Crippen molar-refractivity contribution in [2.24, 2.45) is 0 Å². The Balaban J connectivity index is 2.24. The molecule has 2 nitrogen and oxygen atoms in total. The Morgan fingerprint density at radius 2 is 2.07 bits per heavy atom. The van der Waals surface area contributed by atoms with E-state index in [1.165, 1.54) is 0 Å². The van der Waals surface area contributed by atoms with Crippen LogP contribution in [-0.4, -0.2) is 5.97 Å². The average molecular weight is 191 g/mol. The van der Waals surface area contributed by atoms with Crippen molar-refractivity contribution in [2.75, 3.05) is 0 Å². The zero-order valence-corrected chi connectivity index (χ0v) is 8.40. The topological polar surface area (TPSA) is 26.3 Å². The van der Waals surface area contributed by atoms with E-state index in [1.807, 2.05) is 37.3 Å². The Morgan fingerprint density at radius 3 is 2.71 bits per heavy atom. The maximum atomic E-state index is 11.1. The van der Waals surface area contributed by atoms with Crippen LogP contribution in [0.1, 0.15) is 25.3 Å². The second-order valence-electron chi connectivity index (χ2n) is 3.09. The highest BCUT2D eigenvalue weighted by atomic mass is 16.5. The van der Waals surface area contributed by atoms with E-state index < -0.39 is 0 Å². The van der Waals surface area contributed by atoms with E-state index >= 15 is 0 Å². The molecule has 0 aliphatic rings. The monoisotopic (exact) mass is 191 g/mol. The zero-order chi connectivity index (χ0) is 10.2. The molecule has 0 saturated carbocycles. The highest BCUT2D eigenvalue weighted by Crippen LogP contribution is 2.02. The fraction of sp³-hybridized carbons (Fsp3) is 0.333. The summed E-state index contributed by atoms with van der Waals surface area (Å²) in [5.41, 5.74) is 1.02. The Hall–Kier alpha value is -1.31. The molecular formula is C12H15O2. The molecule has 14 heavy (non-hydrogen) atoms. The molecule has 1 aromatic rings. The third-order valence-electron chi connectivity index (χ3n) is 1.82. The minimum Gasteiger partial charge on any atom is -0.461 e. The molecule has 0 aromatic heterocycles. The van der Waals surface area contributed by atoms with Crippen molar-refractivity contribution in [3.8, 4) is 0 Å². The molecule has 0 atom stereocenters. The van der Waals surface area contributed by atoms with Crippen LogP contribution in [0.25, 0.3) is 0 Å². The third-order valence-corrected chi connectivity index (χ3v) is 1.82. The second kappa shape index (κ2) is 6.19. The molecule has 0 N–H and O–H groups in total. The van der Waals surface area contributed by atoms with E-state index in [4.69, 9.17) is 4.74 Å². The maximum absolute atomic E-state index is 11.1. The quantitative estimate of drug-likeness (QED) is 0.669. The molecule has 0 spiro atoms. The van der Waals surface area contributed by atoms with Gasteiger partial charge in [0.1, 0.15) is 6.61 Å². The molecule has 0 fully saturated rings. The lowest BCUT2D eigenvalue weighted by Gasteiger charge is -2.03. The number of esters is 1. The highest BCUT2D eigenvalue weighted by molar-refractivity contribution is 5.78. The lowest BCUT2D eigenvalue weighted by atomic mass is 10.2. The van der Waals surface area contributed by atoms with Crippen molar-refractivity contribution in [2.45, 2.75) is 26.4 Å². The van der Waals surface area contributed by atoms with Crippen molar-refractivity contribution in [1.82, 2.24) is 0 Å². The maximum Gasteiger partial charge on any atom is 0.310 e. The molecule has 0 aliphatic heterocycles. The van der Waals surface area contributed by atoms with E-state index in [-0.39, 0.29) is 5.97 Å². The molecule has 1 rings (SSSR count). The number of hydrogen-bond acceptors (Lipinski definition) is 2. The average Bonchev–Trinajstić information content (AvgIpc) is 2.25. The molecule has 0 unspecified atom stereocenters. The third kappa shape index (κ3) is 4.08. The van der Waals surface area contributed by atoms with Crippen molar-refractivity contribution in [1.29, 1.82) is 0 Å². The summed E-state index contributed by atoms with van der Waals surface area (Å²) in [5.74, 6) is -0.226. The van der Waals surface area contributed by atoms with Gasteiger partial charge in [0.2, 0.25) is 0 Å². The smallest absolute Gasteiger partial charge is 0.310 e. The summed E-state index contributed by atoms with van der Waals surface area (Å²) in [7, 11) is 0. The van der Waals surface area contributed by atoms with Crippen LogP contribution in [0.4, 0.5) is 0 Å². The summed E-state index contributed by atoms with van der Waals surface area (Å²) in [6.45, 7) is 2.39. The van der Waals surface area contributed by atoms with Crippen LogP contribution >= 0.6 is 0 Å². The van der Waals surface area contributed by atoms with Crippen LogP contribution in [0.5, 0.6) is 0 Å². The Morgan fingerprint density at radius 1 is 1.36 bits per heavy atom. The molecule has 0 bridgehead atoms. The highest BCUT2D eigenvalue weighted by Gasteiger charge is 2.01. The number of unbranched alkanes of at least 4 members (excludes halogenated alkanes) is 1. The summed E-state index contributed by atoms with van der Waals surface area (Å²) in [6, 6.07) is 9.67. The minimum atomic E-state index is -0.226. The van der Waals surface area contributed by atoms with Crippen LogP contribution in [0.3, 0.4) is 0 Å². The molecule has 0 amide bonds. The van der Waals surface area contributed by atoms with E-state index in [2.05, 4.69) is 0 Å². The van der Waals surface area contributed by atoms with Crippen molar-refractivity contribution >= 4 is 5.97 Å². The summed E-state index contributed by atoms with van der Waals surface area (Å²) in [4.78, 5) is 11.1. The fourth-order valence-corrected chi connectivity index (χ4v) is 1.05. The predicted octanol–water partition coefficient (Wildman–Crippen LogP) is 2.73. The Labute approximate surface area is 84.9 Å². The number of benzene rings is 1. The lowest BCUT2D eigenvalue weighted by Crippen LogP contribution is -2.04. The van der Waals surface area contributed by atoms with Crippen LogP contribution in [0, 0.1) is 6.42 Å². The summed E-state index contributed by atoms with van der Waals surface area (Å²) >= 11 is 0. The molecule has 0 aliphatic carbocycles. The normalized spacial score (nSPS) is 9.79. The summed E-state index contributed by atoms with van der Waals surface area (Å²) in [6.07, 6.45) is 3.34. The Bertz CT molecular complexity index is 267. The molecule has 75 valence electrons. The van der Waals surface area contributed by atoms with Gasteiger partial charge in [-0.05, 0) is 12.0 Å². The predicted molar refractivity (Wildman–Crippen MR) is 55.4 cm³/mol. The van der Waals surface area contributed by atoms with Crippen LogP contribution < -0.4 is 0 Å². The van der Waals surface area contributed by atoms with E-state index in [0.29, 0.717) is 6.61 Å². The largest absolute Gasteiger partial charge is 0.461 e. The van der Waals surface area contributed by atoms with Gasteiger partial charge in [-0.2, -0.15) is 0 Å². The van der Waals surface area contributed by atoms with Gasteiger partial charge < -0.3 is 4.74 Å². The second-order valence-corrected chi connectivity index (χ2v) is 3.09. The SMILES string of the molecule is CCC[CH]C(=O)OCc1ccccc1. The molecule has 0 saturated heterocycles. The van der Waals surface area contributed by atoms with E-state index in [9.17, 15) is 4.79 Å². The van der Waals surface area contributed by atoms with Crippen LogP contribution in [-0.2, 0) is 16.1 Å². The number of rotatable bonds is 5. The van der Waals surface area contributed by atoms with Crippen molar-refractivity contribution < 1.29 is 9.53 Å².